The van der Waals surface area contributed by atoms with Gasteiger partial charge in [-0.1, -0.05) is 30.3 Å². The summed E-state index contributed by atoms with van der Waals surface area (Å²) in [5.41, 5.74) is 1.58. The first-order valence-corrected chi connectivity index (χ1v) is 6.49. The quantitative estimate of drug-likeness (QED) is 0.906. The first kappa shape index (κ1) is 12.7. The fraction of sp³-hybridized carbons (Fsp3) is 0.231. The van der Waals surface area contributed by atoms with E-state index in [0.717, 1.165) is 10.5 Å². The third-order valence-corrected chi connectivity index (χ3v) is 3.67. The van der Waals surface area contributed by atoms with Crippen molar-refractivity contribution in [1.29, 1.82) is 0 Å². The molecule has 1 N–H and O–H groups in total. The van der Waals surface area contributed by atoms with Crippen molar-refractivity contribution in [3.63, 3.8) is 0 Å². The van der Waals surface area contributed by atoms with Crippen molar-refractivity contribution in [2.45, 2.75) is 6.92 Å². The molecule has 0 spiro atoms. The Balaban J connectivity index is 2.44. The van der Waals surface area contributed by atoms with E-state index >= 15 is 0 Å². The van der Waals surface area contributed by atoms with E-state index in [4.69, 9.17) is 5.11 Å². The van der Waals surface area contributed by atoms with Gasteiger partial charge in [0.2, 0.25) is 5.91 Å². The monoisotopic (exact) mass is 263 g/mol. The minimum absolute atomic E-state index is 0.160. The van der Waals surface area contributed by atoms with Crippen molar-refractivity contribution >= 4 is 29.3 Å². The summed E-state index contributed by atoms with van der Waals surface area (Å²) in [5, 5.41) is 8.91. The predicted octanol–water partition coefficient (Wildman–Crippen LogP) is 2.04. The van der Waals surface area contributed by atoms with Gasteiger partial charge in [0.15, 0.2) is 0 Å². The van der Waals surface area contributed by atoms with E-state index in [2.05, 4.69) is 0 Å². The number of hydrogen-bond donors (Lipinski definition) is 1. The molecule has 5 heteroatoms. The van der Waals surface area contributed by atoms with Gasteiger partial charge in [0.1, 0.15) is 6.54 Å². The highest BCUT2D eigenvalue weighted by atomic mass is 32.2. The van der Waals surface area contributed by atoms with Crippen LogP contribution in [0.15, 0.2) is 35.2 Å². The zero-order valence-corrected chi connectivity index (χ0v) is 10.7. The third kappa shape index (κ3) is 2.56. The number of allylic oxidation sites excluding steroid dienone is 1. The summed E-state index contributed by atoms with van der Waals surface area (Å²) in [7, 11) is 0. The maximum atomic E-state index is 11.9. The predicted molar refractivity (Wildman–Crippen MR) is 70.8 cm³/mol. The van der Waals surface area contributed by atoms with E-state index in [-0.39, 0.29) is 12.5 Å². The molecule has 2 rings (SSSR count). The van der Waals surface area contributed by atoms with Crippen LogP contribution in [0.25, 0.3) is 5.70 Å². The Labute approximate surface area is 109 Å². The third-order valence-electron chi connectivity index (χ3n) is 2.66. The average molecular weight is 263 g/mol. The van der Waals surface area contributed by atoms with Gasteiger partial charge >= 0.3 is 5.97 Å². The molecule has 0 unspecified atom stereocenters. The standard InChI is InChI=1S/C13H13NO3S/c1-9-13(10-5-3-2-4-6-10)14(7-12(16)17)11(15)8-18-9/h2-6H,7-8H2,1H3,(H,16,17). The van der Waals surface area contributed by atoms with Crippen molar-refractivity contribution in [1.82, 2.24) is 4.90 Å². The Morgan fingerprint density at radius 3 is 2.67 bits per heavy atom. The Bertz CT molecular complexity index is 510. The maximum Gasteiger partial charge on any atom is 0.323 e. The summed E-state index contributed by atoms with van der Waals surface area (Å²) in [5.74, 6) is -0.863. The summed E-state index contributed by atoms with van der Waals surface area (Å²) in [6, 6.07) is 9.40. The molecule has 0 saturated carbocycles. The van der Waals surface area contributed by atoms with Crippen molar-refractivity contribution in [3.05, 3.63) is 40.8 Å². The van der Waals surface area contributed by atoms with Gasteiger partial charge < -0.3 is 5.11 Å². The molecule has 1 aromatic rings. The first-order valence-electron chi connectivity index (χ1n) is 5.51. The Hall–Kier alpha value is -1.75. The van der Waals surface area contributed by atoms with E-state index in [1.54, 1.807) is 0 Å². The van der Waals surface area contributed by atoms with Crippen LogP contribution in [0, 0.1) is 0 Å². The Morgan fingerprint density at radius 1 is 1.39 bits per heavy atom. The molecule has 1 aliphatic heterocycles. The molecule has 0 aromatic heterocycles. The lowest BCUT2D eigenvalue weighted by molar-refractivity contribution is -0.141. The van der Waals surface area contributed by atoms with E-state index in [1.165, 1.54) is 16.7 Å². The maximum absolute atomic E-state index is 11.9. The van der Waals surface area contributed by atoms with Crippen LogP contribution in [0.2, 0.25) is 0 Å². The highest BCUT2D eigenvalue weighted by Crippen LogP contribution is 2.34. The fourth-order valence-electron chi connectivity index (χ4n) is 1.89. The highest BCUT2D eigenvalue weighted by molar-refractivity contribution is 8.03. The molecule has 0 fully saturated rings. The van der Waals surface area contributed by atoms with Gasteiger partial charge in [-0.2, -0.15) is 0 Å². The summed E-state index contributed by atoms with van der Waals surface area (Å²) in [4.78, 5) is 25.1. The summed E-state index contributed by atoms with van der Waals surface area (Å²) in [6.45, 7) is 1.62. The van der Waals surface area contributed by atoms with Crippen LogP contribution in [0.3, 0.4) is 0 Å². The largest absolute Gasteiger partial charge is 0.480 e. The van der Waals surface area contributed by atoms with Gasteiger partial charge in [0.25, 0.3) is 0 Å². The van der Waals surface area contributed by atoms with Crippen LogP contribution in [-0.4, -0.2) is 34.2 Å². The van der Waals surface area contributed by atoms with E-state index in [1.807, 2.05) is 37.3 Å². The number of rotatable bonds is 3. The van der Waals surface area contributed by atoms with Crippen LogP contribution in [0.1, 0.15) is 12.5 Å². The molecular formula is C13H13NO3S. The minimum atomic E-state index is -1.00. The highest BCUT2D eigenvalue weighted by Gasteiger charge is 2.27. The number of thioether (sulfide) groups is 1. The average Bonchev–Trinajstić information content (AvgIpc) is 2.35. The Morgan fingerprint density at radius 2 is 2.06 bits per heavy atom. The number of carbonyl (C=O) groups excluding carboxylic acids is 1. The number of aliphatic carboxylic acids is 1. The van der Waals surface area contributed by atoms with Crippen molar-refractivity contribution in [3.8, 4) is 0 Å². The van der Waals surface area contributed by atoms with E-state index < -0.39 is 5.97 Å². The van der Waals surface area contributed by atoms with Gasteiger partial charge in [-0.3, -0.25) is 14.5 Å². The number of benzene rings is 1. The molecule has 0 bridgehead atoms. The van der Waals surface area contributed by atoms with Gasteiger partial charge in [-0.15, -0.1) is 11.8 Å². The zero-order chi connectivity index (χ0) is 13.1. The van der Waals surface area contributed by atoms with Crippen LogP contribution in [-0.2, 0) is 9.59 Å². The van der Waals surface area contributed by atoms with Crippen LogP contribution in [0.5, 0.6) is 0 Å². The van der Waals surface area contributed by atoms with E-state index in [0.29, 0.717) is 11.4 Å². The number of amides is 1. The summed E-state index contributed by atoms with van der Waals surface area (Å²) < 4.78 is 0. The SMILES string of the molecule is CC1=C(c2ccccc2)N(CC(=O)O)C(=O)CS1. The normalized spacial score (nSPS) is 16.1. The van der Waals surface area contributed by atoms with Crippen LogP contribution < -0.4 is 0 Å². The number of carboxylic acid groups (broad SMARTS) is 1. The lowest BCUT2D eigenvalue weighted by atomic mass is 10.1. The van der Waals surface area contributed by atoms with Crippen LogP contribution >= 0.6 is 11.8 Å². The minimum Gasteiger partial charge on any atom is -0.480 e. The van der Waals surface area contributed by atoms with E-state index in [9.17, 15) is 9.59 Å². The topological polar surface area (TPSA) is 57.6 Å². The zero-order valence-electron chi connectivity index (χ0n) is 9.92. The second kappa shape index (κ2) is 5.27. The fourth-order valence-corrected chi connectivity index (χ4v) is 2.75. The second-order valence-corrected chi connectivity index (χ2v) is 5.12. The molecule has 1 aliphatic rings. The van der Waals surface area contributed by atoms with Crippen molar-refractivity contribution in [2.24, 2.45) is 0 Å². The first-order chi connectivity index (χ1) is 8.59. The molecule has 1 aromatic carbocycles. The van der Waals surface area contributed by atoms with Crippen molar-refractivity contribution in [2.75, 3.05) is 12.3 Å². The number of carboxylic acids is 1. The Kier molecular flexibility index (Phi) is 3.72. The van der Waals surface area contributed by atoms with Crippen molar-refractivity contribution < 1.29 is 14.7 Å². The lowest BCUT2D eigenvalue weighted by Crippen LogP contribution is -2.38. The van der Waals surface area contributed by atoms with Gasteiger partial charge in [0, 0.05) is 4.91 Å². The molecular weight excluding hydrogens is 250 g/mol. The number of nitrogens with zero attached hydrogens (tertiary/aromatic N) is 1. The van der Waals surface area contributed by atoms with Gasteiger partial charge in [-0.05, 0) is 12.5 Å². The molecule has 0 aliphatic carbocycles. The smallest absolute Gasteiger partial charge is 0.323 e. The molecule has 1 amide bonds. The summed E-state index contributed by atoms with van der Waals surface area (Å²) >= 11 is 1.46. The number of hydrogen-bond acceptors (Lipinski definition) is 3. The number of carbonyl (C=O) groups is 2. The molecule has 0 saturated heterocycles. The molecule has 18 heavy (non-hydrogen) atoms. The summed E-state index contributed by atoms with van der Waals surface area (Å²) in [6.07, 6.45) is 0. The van der Waals surface area contributed by atoms with Crippen LogP contribution in [0.4, 0.5) is 0 Å². The molecule has 0 atom stereocenters. The second-order valence-electron chi connectivity index (χ2n) is 3.93. The van der Waals surface area contributed by atoms with Gasteiger partial charge in [-0.25, -0.2) is 0 Å². The molecule has 1 heterocycles. The lowest BCUT2D eigenvalue weighted by Gasteiger charge is -2.29. The molecule has 4 nitrogen and oxygen atoms in total. The molecule has 94 valence electrons. The van der Waals surface area contributed by atoms with Gasteiger partial charge in [0.05, 0.1) is 11.4 Å². The molecule has 0 radical (unpaired) electrons.